The molecule has 6 nitrogen and oxygen atoms in total. The molecule has 4 aromatic rings. The van der Waals surface area contributed by atoms with Gasteiger partial charge in [-0.05, 0) is 54.1 Å². The maximum Gasteiger partial charge on any atom is 0.264 e. The summed E-state index contributed by atoms with van der Waals surface area (Å²) in [5.41, 5.74) is 2.09. The van der Waals surface area contributed by atoms with Gasteiger partial charge in [-0.2, -0.15) is 0 Å². The minimum atomic E-state index is -3.82. The highest BCUT2D eigenvalue weighted by Crippen LogP contribution is 2.31. The van der Waals surface area contributed by atoms with Crippen LogP contribution in [0.15, 0.2) is 96.3 Å². The van der Waals surface area contributed by atoms with E-state index in [1.54, 1.807) is 30.5 Å². The van der Waals surface area contributed by atoms with Gasteiger partial charge in [0.25, 0.3) is 10.0 Å². The van der Waals surface area contributed by atoms with Crippen molar-refractivity contribution >= 4 is 15.7 Å². The summed E-state index contributed by atoms with van der Waals surface area (Å²) in [7, 11) is -2.38. The van der Waals surface area contributed by atoms with E-state index in [0.717, 1.165) is 27.6 Å². The maximum absolute atomic E-state index is 13.1. The van der Waals surface area contributed by atoms with Crippen LogP contribution in [0.25, 0.3) is 11.1 Å². The van der Waals surface area contributed by atoms with Crippen LogP contribution in [-0.2, 0) is 10.0 Å². The smallest absolute Gasteiger partial charge is 0.264 e. The van der Waals surface area contributed by atoms with Gasteiger partial charge in [-0.25, -0.2) is 22.8 Å². The molecule has 0 aliphatic carbocycles. The van der Waals surface area contributed by atoms with E-state index in [1.807, 2.05) is 30.3 Å². The van der Waals surface area contributed by atoms with Crippen molar-refractivity contribution in [3.05, 3.63) is 97.2 Å². The topological polar surface area (TPSA) is 72.4 Å². The normalized spacial score (nSPS) is 11.2. The van der Waals surface area contributed by atoms with Gasteiger partial charge in [0.2, 0.25) is 5.88 Å². The van der Waals surface area contributed by atoms with Gasteiger partial charge in [-0.15, -0.1) is 0 Å². The molecule has 0 fully saturated rings. The van der Waals surface area contributed by atoms with Crippen LogP contribution in [0.2, 0.25) is 0 Å². The molecule has 4 rings (SSSR count). The average molecular weight is 435 g/mol. The molecular weight excluding hydrogens is 417 g/mol. The molecule has 156 valence electrons. The van der Waals surface area contributed by atoms with Gasteiger partial charge in [0.15, 0.2) is 0 Å². The van der Waals surface area contributed by atoms with E-state index < -0.39 is 15.8 Å². The third kappa shape index (κ3) is 4.39. The molecule has 0 amide bonds. The molecular formula is C23H18FN3O3S. The van der Waals surface area contributed by atoms with E-state index in [4.69, 9.17) is 4.74 Å². The minimum absolute atomic E-state index is 0.00483. The molecule has 0 bridgehead atoms. The second kappa shape index (κ2) is 8.53. The van der Waals surface area contributed by atoms with Crippen LogP contribution in [-0.4, -0.2) is 25.4 Å². The van der Waals surface area contributed by atoms with Crippen LogP contribution >= 0.6 is 0 Å². The van der Waals surface area contributed by atoms with Gasteiger partial charge >= 0.3 is 0 Å². The minimum Gasteiger partial charge on any atom is -0.438 e. The number of ether oxygens (including phenoxy) is 1. The highest BCUT2D eigenvalue weighted by atomic mass is 32.2. The molecule has 1 heterocycles. The molecule has 3 aromatic carbocycles. The first-order chi connectivity index (χ1) is 14.9. The average Bonchev–Trinajstić information content (AvgIpc) is 2.80. The predicted molar refractivity (Wildman–Crippen MR) is 116 cm³/mol. The number of sulfonamides is 1. The Morgan fingerprint density at radius 3 is 2.26 bits per heavy atom. The Bertz CT molecular complexity index is 1280. The van der Waals surface area contributed by atoms with E-state index in [2.05, 4.69) is 9.97 Å². The van der Waals surface area contributed by atoms with Crippen LogP contribution in [0.4, 0.5) is 10.1 Å². The van der Waals surface area contributed by atoms with Gasteiger partial charge in [0, 0.05) is 13.2 Å². The maximum atomic E-state index is 13.1. The Labute approximate surface area is 179 Å². The van der Waals surface area contributed by atoms with Gasteiger partial charge in [-0.1, -0.05) is 30.3 Å². The number of nitrogens with zero attached hydrogens (tertiary/aromatic N) is 3. The first-order valence-corrected chi connectivity index (χ1v) is 10.8. The fourth-order valence-electron chi connectivity index (χ4n) is 2.95. The van der Waals surface area contributed by atoms with E-state index >= 15 is 0 Å². The molecule has 0 saturated carbocycles. The molecule has 0 saturated heterocycles. The van der Waals surface area contributed by atoms with Crippen molar-refractivity contribution in [2.45, 2.75) is 4.90 Å². The van der Waals surface area contributed by atoms with Crippen molar-refractivity contribution in [2.24, 2.45) is 0 Å². The summed E-state index contributed by atoms with van der Waals surface area (Å²) in [6.45, 7) is 0. The lowest BCUT2D eigenvalue weighted by Crippen LogP contribution is -2.26. The van der Waals surface area contributed by atoms with E-state index in [0.29, 0.717) is 17.3 Å². The van der Waals surface area contributed by atoms with Gasteiger partial charge in [-0.3, -0.25) is 4.31 Å². The summed E-state index contributed by atoms with van der Waals surface area (Å²) in [4.78, 5) is 8.30. The fourth-order valence-corrected chi connectivity index (χ4v) is 4.15. The first-order valence-electron chi connectivity index (χ1n) is 9.33. The summed E-state index contributed by atoms with van der Waals surface area (Å²) >= 11 is 0. The number of hydrogen-bond acceptors (Lipinski definition) is 5. The number of aromatic nitrogens is 2. The quantitative estimate of drug-likeness (QED) is 0.431. The van der Waals surface area contributed by atoms with E-state index in [1.165, 1.54) is 25.5 Å². The lowest BCUT2D eigenvalue weighted by molar-refractivity contribution is 0.463. The number of hydrogen-bond donors (Lipinski definition) is 0. The molecule has 0 unspecified atom stereocenters. The molecule has 0 aliphatic rings. The molecule has 0 spiro atoms. The Balaban J connectivity index is 1.56. The second-order valence-electron chi connectivity index (χ2n) is 6.63. The second-order valence-corrected chi connectivity index (χ2v) is 8.60. The number of rotatable bonds is 6. The highest BCUT2D eigenvalue weighted by Gasteiger charge is 2.21. The standard InChI is InChI=1S/C23H18FN3O3S/c1-27(31(28,29)21-13-7-18(24)8-14-21)19-9-11-20(12-10-19)30-23-22(15-25-16-26-23)17-5-3-2-4-6-17/h2-16H,1H3. The lowest BCUT2D eigenvalue weighted by atomic mass is 10.1. The molecule has 0 atom stereocenters. The van der Waals surface area contributed by atoms with Gasteiger partial charge in [0.1, 0.15) is 17.9 Å². The van der Waals surface area contributed by atoms with Gasteiger partial charge in [0.05, 0.1) is 16.1 Å². The van der Waals surface area contributed by atoms with Crippen LogP contribution in [0.3, 0.4) is 0 Å². The lowest BCUT2D eigenvalue weighted by Gasteiger charge is -2.20. The molecule has 0 N–H and O–H groups in total. The molecule has 1 aromatic heterocycles. The number of halogens is 1. The van der Waals surface area contributed by atoms with Crippen LogP contribution in [0, 0.1) is 5.82 Å². The summed E-state index contributed by atoms with van der Waals surface area (Å²) in [6.07, 6.45) is 3.08. The number of anilines is 1. The highest BCUT2D eigenvalue weighted by molar-refractivity contribution is 7.92. The van der Waals surface area contributed by atoms with E-state index in [-0.39, 0.29) is 4.90 Å². The number of benzene rings is 3. The zero-order valence-corrected chi connectivity index (χ0v) is 17.3. The van der Waals surface area contributed by atoms with Crippen molar-refractivity contribution in [3.63, 3.8) is 0 Å². The van der Waals surface area contributed by atoms with Crippen molar-refractivity contribution in [2.75, 3.05) is 11.4 Å². The molecule has 0 radical (unpaired) electrons. The first kappa shape index (κ1) is 20.5. The van der Waals surface area contributed by atoms with Crippen molar-refractivity contribution < 1.29 is 17.5 Å². The Morgan fingerprint density at radius 1 is 0.903 bits per heavy atom. The van der Waals surface area contributed by atoms with Gasteiger partial charge < -0.3 is 4.74 Å². The van der Waals surface area contributed by atoms with Crippen molar-refractivity contribution in [1.82, 2.24) is 9.97 Å². The van der Waals surface area contributed by atoms with Crippen LogP contribution < -0.4 is 9.04 Å². The molecule has 0 aliphatic heterocycles. The third-order valence-corrected chi connectivity index (χ3v) is 6.45. The Morgan fingerprint density at radius 2 is 1.58 bits per heavy atom. The van der Waals surface area contributed by atoms with Crippen molar-refractivity contribution in [3.8, 4) is 22.8 Å². The summed E-state index contributed by atoms with van der Waals surface area (Å²) in [5, 5.41) is 0. The summed E-state index contributed by atoms with van der Waals surface area (Å²) in [6, 6.07) is 20.9. The molecule has 31 heavy (non-hydrogen) atoms. The Kier molecular flexibility index (Phi) is 5.64. The van der Waals surface area contributed by atoms with Crippen LogP contribution in [0.1, 0.15) is 0 Å². The zero-order chi connectivity index (χ0) is 21.8. The fraction of sp³-hybridized carbons (Fsp3) is 0.0435. The molecule has 8 heteroatoms. The van der Waals surface area contributed by atoms with E-state index in [9.17, 15) is 12.8 Å². The zero-order valence-electron chi connectivity index (χ0n) is 16.5. The third-order valence-electron chi connectivity index (χ3n) is 4.65. The largest absolute Gasteiger partial charge is 0.438 e. The monoisotopic (exact) mass is 435 g/mol. The summed E-state index contributed by atoms with van der Waals surface area (Å²) < 4.78 is 45.7. The Hall–Kier alpha value is -3.78. The summed E-state index contributed by atoms with van der Waals surface area (Å²) in [5.74, 6) is 0.385. The van der Waals surface area contributed by atoms with Crippen molar-refractivity contribution in [1.29, 1.82) is 0 Å². The van der Waals surface area contributed by atoms with Crippen LogP contribution in [0.5, 0.6) is 11.6 Å². The SMILES string of the molecule is CN(c1ccc(Oc2ncncc2-c2ccccc2)cc1)S(=O)(=O)c1ccc(F)cc1. The predicted octanol–water partition coefficient (Wildman–Crippen LogP) is 4.90.